The van der Waals surface area contributed by atoms with Crippen LogP contribution in [0.5, 0.6) is 5.75 Å². The van der Waals surface area contributed by atoms with Crippen LogP contribution in [0.2, 0.25) is 5.02 Å². The van der Waals surface area contributed by atoms with E-state index in [1.165, 1.54) is 6.33 Å². The Morgan fingerprint density at radius 2 is 2.03 bits per heavy atom. The van der Waals surface area contributed by atoms with Crippen molar-refractivity contribution in [3.63, 3.8) is 0 Å². The van der Waals surface area contributed by atoms with Gasteiger partial charge in [-0.3, -0.25) is 0 Å². The van der Waals surface area contributed by atoms with Gasteiger partial charge in [-0.2, -0.15) is 10.1 Å². The first-order valence-corrected chi connectivity index (χ1v) is 10.9. The highest BCUT2D eigenvalue weighted by Gasteiger charge is 2.36. The lowest BCUT2D eigenvalue weighted by molar-refractivity contribution is -0.139. The molecule has 160 valence electrons. The van der Waals surface area contributed by atoms with Crippen LogP contribution in [0, 0.1) is 0 Å². The second-order valence-corrected chi connectivity index (χ2v) is 8.26. The Balaban J connectivity index is 1.76. The number of esters is 1. The van der Waals surface area contributed by atoms with Crippen LogP contribution in [-0.4, -0.2) is 27.3 Å². The predicted molar refractivity (Wildman–Crippen MR) is 121 cm³/mol. The molecule has 2 aromatic carbocycles. The molecule has 1 aliphatic heterocycles. The standard InChI is InChI=1S/C22H20BrClN4O3/c1-3-30-21(29)19-13(2)27-22-25-12-26-28(22)20(19)17-10-15(23)6-9-18(17)31-11-14-4-7-16(24)8-5-14/h4-10,12,20H,3,11H2,1-2H3,(H,25,26,27). The van der Waals surface area contributed by atoms with E-state index in [4.69, 9.17) is 21.1 Å². The van der Waals surface area contributed by atoms with Crippen molar-refractivity contribution in [1.82, 2.24) is 14.8 Å². The minimum absolute atomic E-state index is 0.269. The van der Waals surface area contributed by atoms with Gasteiger partial charge in [-0.15, -0.1) is 0 Å². The van der Waals surface area contributed by atoms with Gasteiger partial charge in [0, 0.05) is 20.8 Å². The highest BCUT2D eigenvalue weighted by atomic mass is 79.9. The average Bonchev–Trinajstić information content (AvgIpc) is 3.21. The Kier molecular flexibility index (Phi) is 6.29. The molecule has 9 heteroatoms. The van der Waals surface area contributed by atoms with Crippen molar-refractivity contribution in [2.75, 3.05) is 11.9 Å². The van der Waals surface area contributed by atoms with Gasteiger partial charge in [0.15, 0.2) is 0 Å². The third kappa shape index (κ3) is 4.45. The molecule has 0 fully saturated rings. The van der Waals surface area contributed by atoms with Gasteiger partial charge in [-0.05, 0) is 49.7 Å². The molecule has 1 aromatic heterocycles. The monoisotopic (exact) mass is 502 g/mol. The Hall–Kier alpha value is -2.84. The summed E-state index contributed by atoms with van der Waals surface area (Å²) in [4.78, 5) is 17.2. The molecule has 1 atom stereocenters. The van der Waals surface area contributed by atoms with Gasteiger partial charge in [-0.1, -0.05) is 39.7 Å². The maximum Gasteiger partial charge on any atom is 0.338 e. The van der Waals surface area contributed by atoms with Gasteiger partial charge < -0.3 is 14.8 Å². The van der Waals surface area contributed by atoms with Crippen molar-refractivity contribution >= 4 is 39.4 Å². The lowest BCUT2D eigenvalue weighted by Gasteiger charge is -2.29. The number of aromatic nitrogens is 3. The minimum atomic E-state index is -0.560. The van der Waals surface area contributed by atoms with Gasteiger partial charge >= 0.3 is 5.97 Å². The third-order valence-corrected chi connectivity index (χ3v) is 5.61. The highest BCUT2D eigenvalue weighted by Crippen LogP contribution is 2.40. The number of rotatable bonds is 6. The van der Waals surface area contributed by atoms with Crippen molar-refractivity contribution in [2.45, 2.75) is 26.5 Å². The second-order valence-electron chi connectivity index (χ2n) is 6.91. The molecule has 0 amide bonds. The number of carbonyl (C=O) groups excluding carboxylic acids is 1. The summed E-state index contributed by atoms with van der Waals surface area (Å²) in [6.07, 6.45) is 1.45. The van der Waals surface area contributed by atoms with E-state index >= 15 is 0 Å². The molecule has 0 bridgehead atoms. The fourth-order valence-corrected chi connectivity index (χ4v) is 3.96. The number of carbonyl (C=O) groups is 1. The largest absolute Gasteiger partial charge is 0.489 e. The average molecular weight is 504 g/mol. The van der Waals surface area contributed by atoms with E-state index in [-0.39, 0.29) is 6.61 Å². The minimum Gasteiger partial charge on any atom is -0.489 e. The molecule has 0 saturated carbocycles. The van der Waals surface area contributed by atoms with E-state index in [9.17, 15) is 4.79 Å². The number of hydrogen-bond donors (Lipinski definition) is 1. The topological polar surface area (TPSA) is 78.3 Å². The summed E-state index contributed by atoms with van der Waals surface area (Å²) in [6, 6.07) is 12.6. The summed E-state index contributed by atoms with van der Waals surface area (Å²) in [5.74, 6) is 0.752. The van der Waals surface area contributed by atoms with E-state index < -0.39 is 12.0 Å². The maximum absolute atomic E-state index is 12.9. The number of allylic oxidation sites excluding steroid dienone is 1. The molecule has 1 aliphatic rings. The normalized spacial score (nSPS) is 15.3. The number of anilines is 1. The maximum atomic E-state index is 12.9. The zero-order chi connectivity index (χ0) is 22.0. The van der Waals surface area contributed by atoms with E-state index in [0.29, 0.717) is 34.6 Å². The molecule has 31 heavy (non-hydrogen) atoms. The molecule has 0 aliphatic carbocycles. The van der Waals surface area contributed by atoms with Gasteiger partial charge in [0.1, 0.15) is 24.7 Å². The van der Waals surface area contributed by atoms with Crippen LogP contribution in [0.1, 0.15) is 31.0 Å². The summed E-state index contributed by atoms with van der Waals surface area (Å²) in [5, 5.41) is 8.15. The van der Waals surface area contributed by atoms with Crippen LogP contribution in [0.15, 0.2) is 64.5 Å². The van der Waals surface area contributed by atoms with Gasteiger partial charge in [-0.25, -0.2) is 9.48 Å². The molecule has 3 aromatic rings. The molecule has 1 N–H and O–H groups in total. The number of fused-ring (bicyclic) bond motifs is 1. The number of ether oxygens (including phenoxy) is 2. The van der Waals surface area contributed by atoms with E-state index in [1.807, 2.05) is 49.4 Å². The first kappa shape index (κ1) is 21.4. The Morgan fingerprint density at radius 3 is 2.77 bits per heavy atom. The molecular weight excluding hydrogens is 484 g/mol. The zero-order valence-corrected chi connectivity index (χ0v) is 19.3. The van der Waals surface area contributed by atoms with Crippen molar-refractivity contribution in [3.05, 3.63) is 80.7 Å². The van der Waals surface area contributed by atoms with Crippen LogP contribution in [0.25, 0.3) is 0 Å². The third-order valence-electron chi connectivity index (χ3n) is 4.86. The Bertz CT molecular complexity index is 1140. The number of hydrogen-bond acceptors (Lipinski definition) is 6. The molecule has 0 spiro atoms. The number of nitrogens with zero attached hydrogens (tertiary/aromatic N) is 3. The molecular formula is C22H20BrClN4O3. The van der Waals surface area contributed by atoms with Crippen molar-refractivity contribution in [1.29, 1.82) is 0 Å². The fourth-order valence-electron chi connectivity index (χ4n) is 3.46. The number of nitrogens with one attached hydrogen (secondary N) is 1. The van der Waals surface area contributed by atoms with Crippen molar-refractivity contribution in [2.24, 2.45) is 0 Å². The lowest BCUT2D eigenvalue weighted by Crippen LogP contribution is -2.30. The van der Waals surface area contributed by atoms with E-state index in [2.05, 4.69) is 31.3 Å². The molecule has 1 unspecified atom stereocenters. The fraction of sp³-hybridized carbons (Fsp3) is 0.227. The first-order valence-electron chi connectivity index (χ1n) is 9.69. The summed E-state index contributed by atoms with van der Waals surface area (Å²) >= 11 is 9.52. The van der Waals surface area contributed by atoms with Crippen LogP contribution in [0.3, 0.4) is 0 Å². The van der Waals surface area contributed by atoms with Gasteiger partial charge in [0.25, 0.3) is 0 Å². The van der Waals surface area contributed by atoms with Gasteiger partial charge in [0.05, 0.1) is 12.2 Å². The first-order chi connectivity index (χ1) is 15.0. The molecule has 7 nitrogen and oxygen atoms in total. The molecule has 0 saturated heterocycles. The summed E-state index contributed by atoms with van der Waals surface area (Å²) in [7, 11) is 0. The van der Waals surface area contributed by atoms with E-state index in [1.54, 1.807) is 11.6 Å². The Morgan fingerprint density at radius 1 is 1.26 bits per heavy atom. The zero-order valence-electron chi connectivity index (χ0n) is 16.9. The van der Waals surface area contributed by atoms with Crippen molar-refractivity contribution in [3.8, 4) is 5.75 Å². The second kappa shape index (κ2) is 9.11. The summed E-state index contributed by atoms with van der Waals surface area (Å²) < 4.78 is 14.0. The van der Waals surface area contributed by atoms with Crippen LogP contribution >= 0.6 is 27.5 Å². The van der Waals surface area contributed by atoms with Crippen molar-refractivity contribution < 1.29 is 14.3 Å². The van der Waals surface area contributed by atoms with Crippen LogP contribution < -0.4 is 10.1 Å². The van der Waals surface area contributed by atoms with Crippen LogP contribution in [-0.2, 0) is 16.1 Å². The number of benzene rings is 2. The predicted octanol–water partition coefficient (Wildman–Crippen LogP) is 5.13. The quantitative estimate of drug-likeness (QED) is 0.470. The van der Waals surface area contributed by atoms with Crippen LogP contribution in [0.4, 0.5) is 5.95 Å². The lowest BCUT2D eigenvalue weighted by atomic mass is 9.95. The molecule has 4 rings (SSSR count). The molecule has 0 radical (unpaired) electrons. The summed E-state index contributed by atoms with van der Waals surface area (Å²) in [6.45, 7) is 4.22. The van der Waals surface area contributed by atoms with E-state index in [0.717, 1.165) is 15.6 Å². The smallest absolute Gasteiger partial charge is 0.338 e. The summed E-state index contributed by atoms with van der Waals surface area (Å²) in [5.41, 5.74) is 2.85. The van der Waals surface area contributed by atoms with Gasteiger partial charge in [0.2, 0.25) is 5.95 Å². The molecule has 2 heterocycles. The number of halogens is 2. The Labute approximate surface area is 193 Å². The highest BCUT2D eigenvalue weighted by molar-refractivity contribution is 9.10. The SMILES string of the molecule is CCOC(=O)C1=C(C)Nc2ncnn2C1c1cc(Br)ccc1OCc1ccc(Cl)cc1.